The Hall–Kier alpha value is -0.280. The summed E-state index contributed by atoms with van der Waals surface area (Å²) in [4.78, 5) is 11.8. The molecule has 0 radical (unpaired) electrons. The summed E-state index contributed by atoms with van der Waals surface area (Å²) in [5, 5.41) is 0. The van der Waals surface area contributed by atoms with E-state index in [0.717, 1.165) is 0 Å². The molecule has 0 saturated carbocycles. The fourth-order valence-corrected chi connectivity index (χ4v) is 0.368. The van der Waals surface area contributed by atoms with Crippen molar-refractivity contribution < 1.29 is 9.53 Å². The topological polar surface area (TPSA) is 29.5 Å². The fourth-order valence-electron chi connectivity index (χ4n) is 0.240. The Morgan fingerprint density at radius 1 is 1.67 bits per heavy atom. The van der Waals surface area contributed by atoms with Crippen LogP contribution in [0.25, 0.3) is 0 Å². The minimum atomic E-state index is -0.767. The van der Waals surface area contributed by atoms with Crippen LogP contribution >= 0.6 is 11.6 Å². The summed E-state index contributed by atoms with van der Waals surface area (Å²) in [6.07, 6.45) is -0.255. The average Bonchev–Trinajstić information content (AvgIpc) is 1.63. The summed E-state index contributed by atoms with van der Waals surface area (Å²) in [7, 11) is 3.59. The first kappa shape index (κ1) is 8.72. The van der Waals surface area contributed by atoms with Crippen molar-refractivity contribution in [2.45, 2.75) is 13.2 Å². The number of hydrogen-bond acceptors (Lipinski definition) is 3. The van der Waals surface area contributed by atoms with Gasteiger partial charge in [-0.1, -0.05) is 0 Å². The van der Waals surface area contributed by atoms with Crippen LogP contribution in [0.2, 0.25) is 0 Å². The highest BCUT2D eigenvalue weighted by molar-refractivity contribution is 6.61. The zero-order valence-corrected chi connectivity index (χ0v) is 6.47. The summed E-state index contributed by atoms with van der Waals surface area (Å²) < 4.78 is 4.56. The van der Waals surface area contributed by atoms with Gasteiger partial charge in [0.1, 0.15) is 0 Å². The predicted molar refractivity (Wildman–Crippen MR) is 35.5 cm³/mol. The summed E-state index contributed by atoms with van der Waals surface area (Å²) in [6, 6.07) is 0. The van der Waals surface area contributed by atoms with E-state index in [2.05, 4.69) is 4.74 Å². The van der Waals surface area contributed by atoms with Crippen LogP contribution in [-0.4, -0.2) is 30.7 Å². The lowest BCUT2D eigenvalue weighted by molar-refractivity contribution is 0.0423. The number of carbonyl (C=O) groups is 1. The van der Waals surface area contributed by atoms with Gasteiger partial charge in [0.15, 0.2) is 6.23 Å². The van der Waals surface area contributed by atoms with Crippen molar-refractivity contribution in [3.63, 3.8) is 0 Å². The first-order valence-electron chi connectivity index (χ1n) is 2.56. The molecule has 0 amide bonds. The Morgan fingerprint density at radius 3 is 2.22 bits per heavy atom. The highest BCUT2D eigenvalue weighted by Gasteiger charge is 2.06. The van der Waals surface area contributed by atoms with E-state index in [0.29, 0.717) is 0 Å². The molecule has 4 heteroatoms. The van der Waals surface area contributed by atoms with Crippen LogP contribution in [0.1, 0.15) is 6.92 Å². The van der Waals surface area contributed by atoms with E-state index in [1.165, 1.54) is 0 Å². The van der Waals surface area contributed by atoms with Gasteiger partial charge in [-0.15, -0.1) is 0 Å². The molecule has 0 aliphatic heterocycles. The van der Waals surface area contributed by atoms with E-state index in [1.54, 1.807) is 25.9 Å². The molecule has 1 atom stereocenters. The van der Waals surface area contributed by atoms with E-state index >= 15 is 0 Å². The van der Waals surface area contributed by atoms with Gasteiger partial charge < -0.3 is 4.74 Å². The van der Waals surface area contributed by atoms with Crippen molar-refractivity contribution in [1.29, 1.82) is 0 Å². The quantitative estimate of drug-likeness (QED) is 0.440. The zero-order valence-electron chi connectivity index (χ0n) is 5.72. The first-order chi connectivity index (χ1) is 4.04. The zero-order chi connectivity index (χ0) is 7.44. The maximum atomic E-state index is 10.1. The van der Waals surface area contributed by atoms with E-state index in [1.807, 2.05) is 0 Å². The van der Waals surface area contributed by atoms with E-state index in [-0.39, 0.29) is 6.23 Å². The van der Waals surface area contributed by atoms with Crippen LogP contribution in [0.3, 0.4) is 0 Å². The molecule has 54 valence electrons. The molecule has 3 nitrogen and oxygen atoms in total. The van der Waals surface area contributed by atoms with Gasteiger partial charge in [0.2, 0.25) is 0 Å². The summed E-state index contributed by atoms with van der Waals surface area (Å²) in [5.74, 6) is 0. The molecular weight excluding hydrogens is 142 g/mol. The van der Waals surface area contributed by atoms with E-state index in [9.17, 15) is 4.79 Å². The molecule has 0 bridgehead atoms. The van der Waals surface area contributed by atoms with E-state index < -0.39 is 5.43 Å². The lowest BCUT2D eigenvalue weighted by Gasteiger charge is -2.17. The van der Waals surface area contributed by atoms with Crippen molar-refractivity contribution in [2.75, 3.05) is 14.1 Å². The fraction of sp³-hybridized carbons (Fsp3) is 0.800. The summed E-state index contributed by atoms with van der Waals surface area (Å²) >= 11 is 4.93. The Morgan fingerprint density at radius 2 is 2.11 bits per heavy atom. The van der Waals surface area contributed by atoms with Crippen LogP contribution in [0.5, 0.6) is 0 Å². The van der Waals surface area contributed by atoms with Crippen LogP contribution in [-0.2, 0) is 4.74 Å². The smallest absolute Gasteiger partial charge is 0.405 e. The normalized spacial score (nSPS) is 13.4. The molecule has 0 saturated heterocycles. The molecule has 0 aromatic heterocycles. The Kier molecular flexibility index (Phi) is 3.58. The average molecular weight is 152 g/mol. The lowest BCUT2D eigenvalue weighted by atomic mass is 10.6. The SMILES string of the molecule is CC(OC(=O)Cl)N(C)C. The molecule has 1 unspecified atom stereocenters. The van der Waals surface area contributed by atoms with Gasteiger partial charge in [-0.25, -0.2) is 4.79 Å². The molecule has 0 aliphatic rings. The lowest BCUT2D eigenvalue weighted by Crippen LogP contribution is -2.28. The number of rotatable bonds is 2. The summed E-state index contributed by atoms with van der Waals surface area (Å²) in [5.41, 5.74) is -0.767. The van der Waals surface area contributed by atoms with Gasteiger partial charge in [-0.3, -0.25) is 4.90 Å². The third kappa shape index (κ3) is 4.24. The highest BCUT2D eigenvalue weighted by atomic mass is 35.5. The third-order valence-electron chi connectivity index (χ3n) is 0.990. The van der Waals surface area contributed by atoms with Gasteiger partial charge in [0.05, 0.1) is 0 Å². The van der Waals surface area contributed by atoms with E-state index in [4.69, 9.17) is 11.6 Å². The molecule has 0 aromatic rings. The Bertz CT molecular complexity index is 105. The van der Waals surface area contributed by atoms with Crippen molar-refractivity contribution in [1.82, 2.24) is 4.90 Å². The second-order valence-electron chi connectivity index (χ2n) is 1.92. The van der Waals surface area contributed by atoms with Crippen molar-refractivity contribution in [3.8, 4) is 0 Å². The molecule has 0 rings (SSSR count). The van der Waals surface area contributed by atoms with Gasteiger partial charge >= 0.3 is 5.43 Å². The van der Waals surface area contributed by atoms with Gasteiger partial charge in [0, 0.05) is 11.6 Å². The number of nitrogens with zero attached hydrogens (tertiary/aromatic N) is 1. The molecule has 0 aromatic carbocycles. The molecule has 0 spiro atoms. The summed E-state index contributed by atoms with van der Waals surface area (Å²) in [6.45, 7) is 1.74. The van der Waals surface area contributed by atoms with Gasteiger partial charge in [0.25, 0.3) is 0 Å². The first-order valence-corrected chi connectivity index (χ1v) is 2.94. The predicted octanol–water partition coefficient (Wildman–Crippen LogP) is 1.27. The molecule has 9 heavy (non-hydrogen) atoms. The minimum Gasteiger partial charge on any atom is -0.435 e. The Balaban J connectivity index is 3.50. The highest BCUT2D eigenvalue weighted by Crippen LogP contribution is 1.97. The van der Waals surface area contributed by atoms with Crippen LogP contribution in [0, 0.1) is 0 Å². The standard InChI is InChI=1S/C5H10ClNO2/c1-4(7(2)3)9-5(6)8/h4H,1-3H3. The monoisotopic (exact) mass is 151 g/mol. The minimum absolute atomic E-state index is 0.255. The second-order valence-corrected chi connectivity index (χ2v) is 2.23. The number of hydrogen-bond donors (Lipinski definition) is 0. The maximum absolute atomic E-state index is 10.1. The van der Waals surface area contributed by atoms with Crippen molar-refractivity contribution in [2.24, 2.45) is 0 Å². The third-order valence-corrected chi connectivity index (χ3v) is 1.08. The van der Waals surface area contributed by atoms with Crippen LogP contribution < -0.4 is 0 Å². The second kappa shape index (κ2) is 3.69. The Labute approximate surface area is 59.5 Å². The number of ether oxygens (including phenoxy) is 1. The molecule has 0 aliphatic carbocycles. The van der Waals surface area contributed by atoms with Crippen molar-refractivity contribution >= 4 is 17.0 Å². The molecular formula is C5H10ClNO2. The van der Waals surface area contributed by atoms with Gasteiger partial charge in [-0.2, -0.15) is 0 Å². The molecule has 0 fully saturated rings. The largest absolute Gasteiger partial charge is 0.435 e. The number of halogens is 1. The van der Waals surface area contributed by atoms with Crippen LogP contribution in [0.15, 0.2) is 0 Å². The maximum Gasteiger partial charge on any atom is 0.405 e. The van der Waals surface area contributed by atoms with Crippen LogP contribution in [0.4, 0.5) is 4.79 Å². The van der Waals surface area contributed by atoms with Crippen molar-refractivity contribution in [3.05, 3.63) is 0 Å². The molecule has 0 heterocycles. The number of carbonyl (C=O) groups excluding carboxylic acids is 1. The molecule has 0 N–H and O–H groups in total. The van der Waals surface area contributed by atoms with Gasteiger partial charge in [-0.05, 0) is 21.0 Å².